The van der Waals surface area contributed by atoms with Crippen molar-refractivity contribution < 1.29 is 9.90 Å². The molecule has 1 aliphatic rings. The summed E-state index contributed by atoms with van der Waals surface area (Å²) in [6, 6.07) is 7.69. The minimum absolute atomic E-state index is 0. The number of aliphatic hydroxyl groups is 1. The molecule has 1 fully saturated rings. The van der Waals surface area contributed by atoms with Crippen molar-refractivity contribution in [2.24, 2.45) is 11.7 Å². The molecule has 1 aliphatic carbocycles. The van der Waals surface area contributed by atoms with Gasteiger partial charge in [0.25, 0.3) is 0 Å². The molecule has 3 unspecified atom stereocenters. The predicted molar refractivity (Wildman–Crippen MR) is 90.9 cm³/mol. The molecular weight excluding hydrogens is 300 g/mol. The number of benzene rings is 1. The van der Waals surface area contributed by atoms with E-state index in [-0.39, 0.29) is 30.8 Å². The van der Waals surface area contributed by atoms with Crippen LogP contribution >= 0.6 is 12.4 Å². The Morgan fingerprint density at radius 2 is 2.05 bits per heavy atom. The number of rotatable bonds is 4. The van der Waals surface area contributed by atoms with E-state index in [0.717, 1.165) is 36.8 Å². The van der Waals surface area contributed by atoms with E-state index in [4.69, 9.17) is 5.73 Å². The lowest BCUT2D eigenvalue weighted by Crippen LogP contribution is -2.53. The molecule has 1 amide bonds. The van der Waals surface area contributed by atoms with Gasteiger partial charge in [0.15, 0.2) is 0 Å². The van der Waals surface area contributed by atoms with Crippen molar-refractivity contribution in [1.82, 2.24) is 5.32 Å². The highest BCUT2D eigenvalue weighted by atomic mass is 35.5. The Morgan fingerprint density at radius 1 is 1.41 bits per heavy atom. The van der Waals surface area contributed by atoms with E-state index < -0.39 is 11.6 Å². The van der Waals surface area contributed by atoms with Crippen LogP contribution in [0.1, 0.15) is 49.8 Å². The van der Waals surface area contributed by atoms with Gasteiger partial charge in [-0.1, -0.05) is 42.7 Å². The number of hydrogen-bond acceptors (Lipinski definition) is 3. The number of amides is 1. The van der Waals surface area contributed by atoms with Crippen LogP contribution in [0.15, 0.2) is 24.3 Å². The van der Waals surface area contributed by atoms with E-state index in [2.05, 4.69) is 5.32 Å². The van der Waals surface area contributed by atoms with Gasteiger partial charge in [0.2, 0.25) is 5.91 Å². The average Bonchev–Trinajstić information content (AvgIpc) is 2.44. The summed E-state index contributed by atoms with van der Waals surface area (Å²) in [5.41, 5.74) is 7.77. The second-order valence-corrected chi connectivity index (χ2v) is 6.48. The van der Waals surface area contributed by atoms with E-state index in [9.17, 15) is 9.90 Å². The van der Waals surface area contributed by atoms with Crippen LogP contribution in [0.25, 0.3) is 0 Å². The fraction of sp³-hybridized carbons (Fsp3) is 0.588. The normalized spacial score (nSPS) is 25.9. The Labute approximate surface area is 138 Å². The van der Waals surface area contributed by atoms with E-state index in [1.807, 2.05) is 38.1 Å². The van der Waals surface area contributed by atoms with Gasteiger partial charge < -0.3 is 16.2 Å². The van der Waals surface area contributed by atoms with Crippen molar-refractivity contribution in [2.75, 3.05) is 6.54 Å². The molecule has 1 aromatic carbocycles. The van der Waals surface area contributed by atoms with Crippen LogP contribution in [0.2, 0.25) is 0 Å². The third kappa shape index (κ3) is 4.70. The highest BCUT2D eigenvalue weighted by Crippen LogP contribution is 2.31. The molecule has 1 saturated carbocycles. The van der Waals surface area contributed by atoms with Crippen LogP contribution in [0, 0.1) is 12.8 Å². The molecule has 0 aromatic heterocycles. The molecular formula is C17H27ClN2O2. The Kier molecular flexibility index (Phi) is 6.85. The first-order valence-electron chi connectivity index (χ1n) is 7.71. The molecule has 22 heavy (non-hydrogen) atoms. The molecule has 5 heteroatoms. The number of hydrogen-bond donors (Lipinski definition) is 3. The lowest BCUT2D eigenvalue weighted by Gasteiger charge is -2.37. The minimum Gasteiger partial charge on any atom is -0.387 e. The molecule has 3 atom stereocenters. The van der Waals surface area contributed by atoms with E-state index in [1.54, 1.807) is 0 Å². The van der Waals surface area contributed by atoms with E-state index in [0.29, 0.717) is 0 Å². The Hall–Kier alpha value is -1.10. The SMILES string of the molecule is Cc1ccc(C(O)CNC(=O)C2CCCCC2(C)N)cc1.Cl. The van der Waals surface area contributed by atoms with Crippen molar-refractivity contribution in [2.45, 2.75) is 51.2 Å². The molecule has 2 rings (SSSR count). The number of nitrogens with one attached hydrogen (secondary N) is 1. The molecule has 124 valence electrons. The summed E-state index contributed by atoms with van der Waals surface area (Å²) in [7, 11) is 0. The highest BCUT2D eigenvalue weighted by Gasteiger charge is 2.37. The second kappa shape index (κ2) is 7.95. The number of aryl methyl sites for hydroxylation is 1. The van der Waals surface area contributed by atoms with Gasteiger partial charge in [0.05, 0.1) is 12.0 Å². The molecule has 0 radical (unpaired) electrons. The standard InChI is InChI=1S/C17H26N2O2.ClH/c1-12-6-8-13(9-7-12)15(20)11-19-16(21)14-5-3-4-10-17(14,2)18;/h6-9,14-15,20H,3-5,10-11,18H2,1-2H3,(H,19,21);1H. The topological polar surface area (TPSA) is 75.3 Å². The molecule has 1 aromatic rings. The lowest BCUT2D eigenvalue weighted by molar-refractivity contribution is -0.128. The first-order chi connectivity index (χ1) is 9.90. The van der Waals surface area contributed by atoms with Gasteiger partial charge in [-0.25, -0.2) is 0 Å². The smallest absolute Gasteiger partial charge is 0.225 e. The van der Waals surface area contributed by atoms with Gasteiger partial charge in [0, 0.05) is 12.1 Å². The minimum atomic E-state index is -0.679. The summed E-state index contributed by atoms with van der Waals surface area (Å²) >= 11 is 0. The second-order valence-electron chi connectivity index (χ2n) is 6.48. The third-order valence-corrected chi connectivity index (χ3v) is 4.50. The van der Waals surface area contributed by atoms with Crippen molar-refractivity contribution in [1.29, 1.82) is 0 Å². The van der Waals surface area contributed by atoms with Gasteiger partial charge in [-0.2, -0.15) is 0 Å². The molecule has 4 nitrogen and oxygen atoms in total. The van der Waals surface area contributed by atoms with Gasteiger partial charge in [-0.05, 0) is 32.3 Å². The van der Waals surface area contributed by atoms with Gasteiger partial charge in [-0.3, -0.25) is 4.79 Å². The molecule has 0 heterocycles. The van der Waals surface area contributed by atoms with E-state index >= 15 is 0 Å². The van der Waals surface area contributed by atoms with Gasteiger partial charge in [0.1, 0.15) is 0 Å². The summed E-state index contributed by atoms with van der Waals surface area (Å²) in [5.74, 6) is -0.192. The van der Waals surface area contributed by atoms with Crippen LogP contribution in [-0.2, 0) is 4.79 Å². The maximum absolute atomic E-state index is 12.3. The highest BCUT2D eigenvalue weighted by molar-refractivity contribution is 5.85. The molecule has 4 N–H and O–H groups in total. The first-order valence-corrected chi connectivity index (χ1v) is 7.71. The molecule has 0 saturated heterocycles. The molecule has 0 aliphatic heterocycles. The molecule has 0 spiro atoms. The Balaban J connectivity index is 0.00000242. The van der Waals surface area contributed by atoms with Gasteiger partial charge in [-0.15, -0.1) is 12.4 Å². The monoisotopic (exact) mass is 326 g/mol. The van der Waals surface area contributed by atoms with E-state index in [1.165, 1.54) is 0 Å². The largest absolute Gasteiger partial charge is 0.387 e. The van der Waals surface area contributed by atoms with Crippen LogP contribution in [0.5, 0.6) is 0 Å². The summed E-state index contributed by atoms with van der Waals surface area (Å²) < 4.78 is 0. The van der Waals surface area contributed by atoms with Crippen LogP contribution in [0.3, 0.4) is 0 Å². The Morgan fingerprint density at radius 3 is 2.64 bits per heavy atom. The third-order valence-electron chi connectivity index (χ3n) is 4.50. The number of carbonyl (C=O) groups excluding carboxylic acids is 1. The van der Waals surface area contributed by atoms with Crippen molar-refractivity contribution >= 4 is 18.3 Å². The summed E-state index contributed by atoms with van der Waals surface area (Å²) in [5, 5.41) is 13.0. The number of nitrogens with two attached hydrogens (primary N) is 1. The van der Waals surface area contributed by atoms with Crippen molar-refractivity contribution in [3.63, 3.8) is 0 Å². The zero-order valence-corrected chi connectivity index (χ0v) is 14.2. The van der Waals surface area contributed by atoms with Crippen LogP contribution < -0.4 is 11.1 Å². The number of aliphatic hydroxyl groups excluding tert-OH is 1. The predicted octanol–water partition coefficient (Wildman–Crippen LogP) is 2.47. The quantitative estimate of drug-likeness (QED) is 0.795. The summed E-state index contributed by atoms with van der Waals surface area (Å²) in [4.78, 5) is 12.3. The lowest BCUT2D eigenvalue weighted by atomic mass is 9.74. The first kappa shape index (κ1) is 18.9. The van der Waals surface area contributed by atoms with Crippen LogP contribution in [0.4, 0.5) is 0 Å². The zero-order valence-electron chi connectivity index (χ0n) is 13.3. The van der Waals surface area contributed by atoms with Crippen LogP contribution in [-0.4, -0.2) is 23.1 Å². The number of carbonyl (C=O) groups is 1. The maximum Gasteiger partial charge on any atom is 0.225 e. The molecule has 0 bridgehead atoms. The van der Waals surface area contributed by atoms with Crippen molar-refractivity contribution in [3.8, 4) is 0 Å². The summed E-state index contributed by atoms with van der Waals surface area (Å²) in [6.45, 7) is 4.18. The number of halogens is 1. The fourth-order valence-corrected chi connectivity index (χ4v) is 3.02. The average molecular weight is 327 g/mol. The summed E-state index contributed by atoms with van der Waals surface area (Å²) in [6.07, 6.45) is 3.17. The Bertz CT molecular complexity index is 488. The van der Waals surface area contributed by atoms with Gasteiger partial charge >= 0.3 is 0 Å². The zero-order chi connectivity index (χ0) is 15.5. The van der Waals surface area contributed by atoms with Crippen molar-refractivity contribution in [3.05, 3.63) is 35.4 Å². The maximum atomic E-state index is 12.3. The fourth-order valence-electron chi connectivity index (χ4n) is 3.02.